The largest absolute Gasteiger partial charge is 0.134 e. The first-order chi connectivity index (χ1) is 3.77. The molecule has 0 amide bonds. The van der Waals surface area contributed by atoms with Gasteiger partial charge in [0.2, 0.25) is 0 Å². The minimum atomic E-state index is 1.12. The SMILES string of the molecule is C=C(C)C=CSCC. The van der Waals surface area contributed by atoms with Gasteiger partial charge in [0.1, 0.15) is 0 Å². The molecule has 0 unspecified atom stereocenters. The molecule has 0 bridgehead atoms. The van der Waals surface area contributed by atoms with Crippen LogP contribution in [0.1, 0.15) is 13.8 Å². The van der Waals surface area contributed by atoms with Crippen LogP contribution in [0.3, 0.4) is 0 Å². The van der Waals surface area contributed by atoms with E-state index in [2.05, 4.69) is 18.9 Å². The van der Waals surface area contributed by atoms with Crippen molar-refractivity contribution in [1.29, 1.82) is 0 Å². The highest BCUT2D eigenvalue weighted by Crippen LogP contribution is 2.01. The zero-order valence-corrected chi connectivity index (χ0v) is 6.29. The summed E-state index contributed by atoms with van der Waals surface area (Å²) in [5, 5.41) is 2.07. The fourth-order valence-corrected chi connectivity index (χ4v) is 0.781. The van der Waals surface area contributed by atoms with Crippen LogP contribution >= 0.6 is 11.8 Å². The van der Waals surface area contributed by atoms with Crippen LogP contribution in [0, 0.1) is 0 Å². The smallest absolute Gasteiger partial charge is 0.00544 e. The Balaban J connectivity index is 3.20. The van der Waals surface area contributed by atoms with E-state index in [-0.39, 0.29) is 0 Å². The van der Waals surface area contributed by atoms with Crippen molar-refractivity contribution in [2.45, 2.75) is 13.8 Å². The maximum Gasteiger partial charge on any atom is -0.00544 e. The molecule has 0 aromatic rings. The average Bonchev–Trinajstić information content (AvgIpc) is 1.66. The molecule has 0 aliphatic carbocycles. The number of allylic oxidation sites excluding steroid dienone is 2. The van der Waals surface area contributed by atoms with E-state index in [1.54, 1.807) is 11.8 Å². The first kappa shape index (κ1) is 7.83. The molecular weight excluding hydrogens is 116 g/mol. The van der Waals surface area contributed by atoms with Gasteiger partial charge in [0, 0.05) is 0 Å². The van der Waals surface area contributed by atoms with Crippen molar-refractivity contribution >= 4 is 11.8 Å². The molecule has 0 nitrogen and oxygen atoms in total. The van der Waals surface area contributed by atoms with Gasteiger partial charge < -0.3 is 0 Å². The second-order valence-corrected chi connectivity index (χ2v) is 2.79. The van der Waals surface area contributed by atoms with Gasteiger partial charge in [-0.05, 0) is 18.1 Å². The van der Waals surface area contributed by atoms with Crippen LogP contribution in [0.5, 0.6) is 0 Å². The summed E-state index contributed by atoms with van der Waals surface area (Å²) in [6, 6.07) is 0. The molecule has 8 heavy (non-hydrogen) atoms. The Labute approximate surface area is 55.7 Å². The zero-order valence-electron chi connectivity index (χ0n) is 5.48. The van der Waals surface area contributed by atoms with E-state index in [9.17, 15) is 0 Å². The second kappa shape index (κ2) is 4.98. The minimum absolute atomic E-state index is 1.12. The lowest BCUT2D eigenvalue weighted by Crippen LogP contribution is -1.60. The predicted octanol–water partition coefficient (Wildman–Crippen LogP) is 2.83. The van der Waals surface area contributed by atoms with Gasteiger partial charge in [-0.3, -0.25) is 0 Å². The van der Waals surface area contributed by atoms with Crippen molar-refractivity contribution in [2.75, 3.05) is 5.75 Å². The van der Waals surface area contributed by atoms with Crippen LogP contribution < -0.4 is 0 Å². The van der Waals surface area contributed by atoms with Gasteiger partial charge in [-0.15, -0.1) is 11.8 Å². The van der Waals surface area contributed by atoms with Gasteiger partial charge in [0.05, 0.1) is 0 Å². The van der Waals surface area contributed by atoms with Gasteiger partial charge >= 0.3 is 0 Å². The van der Waals surface area contributed by atoms with Crippen molar-refractivity contribution < 1.29 is 0 Å². The molecule has 0 aromatic heterocycles. The molecule has 0 atom stereocenters. The van der Waals surface area contributed by atoms with Gasteiger partial charge in [0.15, 0.2) is 0 Å². The molecule has 0 saturated carbocycles. The molecule has 0 fully saturated rings. The Bertz CT molecular complexity index is 92.6. The number of thioether (sulfide) groups is 1. The zero-order chi connectivity index (χ0) is 6.41. The number of hydrogen-bond donors (Lipinski definition) is 0. The van der Waals surface area contributed by atoms with Gasteiger partial charge in [0.25, 0.3) is 0 Å². The molecule has 0 saturated heterocycles. The van der Waals surface area contributed by atoms with Gasteiger partial charge in [-0.2, -0.15) is 0 Å². The molecule has 0 aliphatic rings. The maximum atomic E-state index is 3.73. The van der Waals surface area contributed by atoms with E-state index in [1.807, 2.05) is 13.0 Å². The van der Waals surface area contributed by atoms with Gasteiger partial charge in [-0.1, -0.05) is 25.2 Å². The third kappa shape index (κ3) is 5.83. The van der Waals surface area contributed by atoms with Crippen LogP contribution in [0.15, 0.2) is 23.6 Å². The quantitative estimate of drug-likeness (QED) is 0.527. The molecule has 0 radical (unpaired) electrons. The Morgan fingerprint density at radius 2 is 2.38 bits per heavy atom. The third-order valence-corrected chi connectivity index (χ3v) is 1.28. The molecule has 0 spiro atoms. The highest BCUT2D eigenvalue weighted by molar-refractivity contribution is 8.02. The van der Waals surface area contributed by atoms with Gasteiger partial charge in [-0.25, -0.2) is 0 Å². The molecule has 0 aliphatic heterocycles. The molecule has 1 heteroatoms. The summed E-state index contributed by atoms with van der Waals surface area (Å²) in [7, 11) is 0. The lowest BCUT2D eigenvalue weighted by molar-refractivity contribution is 1.53. The van der Waals surface area contributed by atoms with Crippen molar-refractivity contribution in [2.24, 2.45) is 0 Å². The van der Waals surface area contributed by atoms with Crippen LogP contribution in [0.25, 0.3) is 0 Å². The highest BCUT2D eigenvalue weighted by atomic mass is 32.2. The number of rotatable bonds is 3. The molecule has 0 rings (SSSR count). The predicted molar refractivity (Wildman–Crippen MR) is 42.1 cm³/mol. The Hall–Kier alpha value is -0.170. The Morgan fingerprint density at radius 3 is 2.75 bits per heavy atom. The fraction of sp³-hybridized carbons (Fsp3) is 0.429. The lowest BCUT2D eigenvalue weighted by atomic mass is 10.4. The van der Waals surface area contributed by atoms with Crippen molar-refractivity contribution in [3.8, 4) is 0 Å². The Kier molecular flexibility index (Phi) is 4.87. The summed E-state index contributed by atoms with van der Waals surface area (Å²) in [5.74, 6) is 1.14. The summed E-state index contributed by atoms with van der Waals surface area (Å²) in [5.41, 5.74) is 1.12. The van der Waals surface area contributed by atoms with Crippen LogP contribution in [-0.4, -0.2) is 5.75 Å². The lowest BCUT2D eigenvalue weighted by Gasteiger charge is -1.83. The minimum Gasteiger partial charge on any atom is -0.134 e. The highest BCUT2D eigenvalue weighted by Gasteiger charge is 1.72. The standard InChI is InChI=1S/C7H12S/c1-4-8-6-5-7(2)3/h5-6H,2,4H2,1,3H3. The first-order valence-corrected chi connectivity index (χ1v) is 3.76. The normalized spacial score (nSPS) is 10.2. The topological polar surface area (TPSA) is 0 Å². The van der Waals surface area contributed by atoms with Crippen molar-refractivity contribution in [3.05, 3.63) is 23.6 Å². The van der Waals surface area contributed by atoms with E-state index in [0.29, 0.717) is 0 Å². The molecule has 0 N–H and O–H groups in total. The van der Waals surface area contributed by atoms with E-state index >= 15 is 0 Å². The summed E-state index contributed by atoms with van der Waals surface area (Å²) in [6.45, 7) is 7.85. The van der Waals surface area contributed by atoms with Crippen molar-refractivity contribution in [3.63, 3.8) is 0 Å². The maximum absolute atomic E-state index is 3.73. The van der Waals surface area contributed by atoms with E-state index < -0.39 is 0 Å². The van der Waals surface area contributed by atoms with E-state index in [4.69, 9.17) is 0 Å². The Morgan fingerprint density at radius 1 is 1.75 bits per heavy atom. The fourth-order valence-electron chi connectivity index (χ4n) is 0.260. The summed E-state index contributed by atoms with van der Waals surface area (Å²) in [4.78, 5) is 0. The summed E-state index contributed by atoms with van der Waals surface area (Å²) in [6.07, 6.45) is 2.02. The average molecular weight is 128 g/mol. The second-order valence-electron chi connectivity index (χ2n) is 1.60. The first-order valence-electron chi connectivity index (χ1n) is 2.71. The molecule has 0 aromatic carbocycles. The number of hydrogen-bond acceptors (Lipinski definition) is 1. The van der Waals surface area contributed by atoms with E-state index in [0.717, 1.165) is 11.3 Å². The third-order valence-electron chi connectivity index (χ3n) is 0.615. The summed E-state index contributed by atoms with van der Waals surface area (Å²) < 4.78 is 0. The van der Waals surface area contributed by atoms with Crippen LogP contribution in [-0.2, 0) is 0 Å². The monoisotopic (exact) mass is 128 g/mol. The van der Waals surface area contributed by atoms with Crippen LogP contribution in [0.4, 0.5) is 0 Å². The van der Waals surface area contributed by atoms with Crippen LogP contribution in [0.2, 0.25) is 0 Å². The van der Waals surface area contributed by atoms with Crippen molar-refractivity contribution in [1.82, 2.24) is 0 Å². The molecule has 0 heterocycles. The molecule has 46 valence electrons. The summed E-state index contributed by atoms with van der Waals surface area (Å²) >= 11 is 1.80. The molecular formula is C7H12S. The van der Waals surface area contributed by atoms with E-state index in [1.165, 1.54) is 0 Å².